The van der Waals surface area contributed by atoms with Crippen molar-refractivity contribution in [2.24, 2.45) is 11.8 Å². The van der Waals surface area contributed by atoms with E-state index in [-0.39, 0.29) is 5.60 Å². The third-order valence-electron chi connectivity index (χ3n) is 2.36. The second kappa shape index (κ2) is 3.14. The highest BCUT2D eigenvalue weighted by Gasteiger charge is 2.55. The number of fused-ring (bicyclic) bond motifs is 1. The molecule has 1 N–H and O–H groups in total. The number of rotatable bonds is 0. The number of hydrogen-bond donors (Lipinski definition) is 1. The molecule has 0 bridgehead atoms. The van der Waals surface area contributed by atoms with Gasteiger partial charge in [-0.2, -0.15) is 0 Å². The third-order valence-corrected chi connectivity index (χ3v) is 2.36. The SMILES string of the molecule is CC(C)C.OC12CCCC1C2. The monoisotopic (exact) mass is 156 g/mol. The van der Waals surface area contributed by atoms with E-state index in [1.807, 2.05) is 0 Å². The predicted octanol–water partition coefficient (Wildman–Crippen LogP) is 2.58. The van der Waals surface area contributed by atoms with Crippen LogP contribution in [0.5, 0.6) is 0 Å². The Labute approximate surface area is 69.8 Å². The smallest absolute Gasteiger partial charge is 0.0680 e. The van der Waals surface area contributed by atoms with E-state index < -0.39 is 0 Å². The molecule has 2 aliphatic rings. The first-order valence-corrected chi connectivity index (χ1v) is 4.77. The van der Waals surface area contributed by atoms with Gasteiger partial charge in [0, 0.05) is 0 Å². The molecule has 0 aromatic carbocycles. The fourth-order valence-electron chi connectivity index (χ4n) is 1.70. The van der Waals surface area contributed by atoms with Crippen LogP contribution in [0.25, 0.3) is 0 Å². The van der Waals surface area contributed by atoms with Crippen molar-refractivity contribution in [2.45, 2.75) is 52.1 Å². The van der Waals surface area contributed by atoms with Gasteiger partial charge in [0.15, 0.2) is 0 Å². The van der Waals surface area contributed by atoms with E-state index in [1.54, 1.807) is 0 Å². The Balaban J connectivity index is 0.000000134. The van der Waals surface area contributed by atoms with Gasteiger partial charge in [0.2, 0.25) is 0 Å². The van der Waals surface area contributed by atoms with Crippen LogP contribution in [-0.2, 0) is 0 Å². The van der Waals surface area contributed by atoms with Crippen molar-refractivity contribution in [3.05, 3.63) is 0 Å². The molecule has 0 spiro atoms. The molecule has 2 fully saturated rings. The Bertz CT molecular complexity index is 126. The van der Waals surface area contributed by atoms with Gasteiger partial charge in [-0.05, 0) is 31.1 Å². The Morgan fingerprint density at radius 2 is 1.91 bits per heavy atom. The molecule has 1 nitrogen and oxygen atoms in total. The zero-order valence-electron chi connectivity index (χ0n) is 7.93. The predicted molar refractivity (Wildman–Crippen MR) is 47.4 cm³/mol. The lowest BCUT2D eigenvalue weighted by atomic mass is 10.2. The molecule has 1 heteroatoms. The minimum atomic E-state index is -0.139. The van der Waals surface area contributed by atoms with Crippen LogP contribution in [0.4, 0.5) is 0 Å². The standard InChI is InChI=1S/C6H10O.C4H10/c7-6-3-1-2-5(6)4-6;1-4(2)3/h5,7H,1-4H2;4H,1-3H3. The normalized spacial score (nSPS) is 39.5. The molecule has 2 rings (SSSR count). The summed E-state index contributed by atoms with van der Waals surface area (Å²) in [4.78, 5) is 0. The summed E-state index contributed by atoms with van der Waals surface area (Å²) in [5.41, 5.74) is -0.139. The van der Waals surface area contributed by atoms with Gasteiger partial charge in [-0.25, -0.2) is 0 Å². The van der Waals surface area contributed by atoms with Crippen LogP contribution in [0.2, 0.25) is 0 Å². The maximum absolute atomic E-state index is 9.27. The molecule has 0 aromatic heterocycles. The van der Waals surface area contributed by atoms with Gasteiger partial charge >= 0.3 is 0 Å². The van der Waals surface area contributed by atoms with Crippen molar-refractivity contribution in [2.75, 3.05) is 0 Å². The lowest BCUT2D eigenvalue weighted by Gasteiger charge is -1.96. The van der Waals surface area contributed by atoms with Crippen molar-refractivity contribution < 1.29 is 5.11 Å². The lowest BCUT2D eigenvalue weighted by molar-refractivity contribution is 0.142. The Morgan fingerprint density at radius 3 is 2.00 bits per heavy atom. The molecular weight excluding hydrogens is 136 g/mol. The summed E-state index contributed by atoms with van der Waals surface area (Å²) in [6.45, 7) is 6.50. The van der Waals surface area contributed by atoms with Crippen molar-refractivity contribution in [3.63, 3.8) is 0 Å². The van der Waals surface area contributed by atoms with Crippen molar-refractivity contribution in [1.29, 1.82) is 0 Å². The zero-order chi connectivity index (χ0) is 8.48. The van der Waals surface area contributed by atoms with Crippen molar-refractivity contribution >= 4 is 0 Å². The van der Waals surface area contributed by atoms with E-state index in [4.69, 9.17) is 0 Å². The molecule has 0 aromatic rings. The van der Waals surface area contributed by atoms with E-state index in [0.717, 1.165) is 18.8 Å². The summed E-state index contributed by atoms with van der Waals surface area (Å²) in [6, 6.07) is 0. The summed E-state index contributed by atoms with van der Waals surface area (Å²) in [5, 5.41) is 9.27. The van der Waals surface area contributed by atoms with Gasteiger partial charge in [0.05, 0.1) is 5.60 Å². The fraction of sp³-hybridized carbons (Fsp3) is 1.00. The van der Waals surface area contributed by atoms with Crippen LogP contribution in [0.1, 0.15) is 46.5 Å². The summed E-state index contributed by atoms with van der Waals surface area (Å²) >= 11 is 0. The average molecular weight is 156 g/mol. The molecular formula is C10H20O. The first-order chi connectivity index (χ1) is 5.04. The van der Waals surface area contributed by atoms with Crippen LogP contribution >= 0.6 is 0 Å². The Morgan fingerprint density at radius 1 is 1.36 bits per heavy atom. The lowest BCUT2D eigenvalue weighted by Crippen LogP contribution is -2.02. The van der Waals surface area contributed by atoms with Crippen molar-refractivity contribution in [3.8, 4) is 0 Å². The summed E-state index contributed by atoms with van der Waals surface area (Å²) in [6.07, 6.45) is 4.74. The largest absolute Gasteiger partial charge is 0.390 e. The molecule has 2 saturated carbocycles. The maximum atomic E-state index is 9.27. The van der Waals surface area contributed by atoms with E-state index >= 15 is 0 Å². The molecule has 66 valence electrons. The summed E-state index contributed by atoms with van der Waals surface area (Å²) in [5.74, 6) is 1.55. The van der Waals surface area contributed by atoms with Gasteiger partial charge < -0.3 is 5.11 Å². The summed E-state index contributed by atoms with van der Waals surface area (Å²) in [7, 11) is 0. The van der Waals surface area contributed by atoms with Gasteiger partial charge in [-0.3, -0.25) is 0 Å². The van der Waals surface area contributed by atoms with E-state index in [1.165, 1.54) is 12.8 Å². The van der Waals surface area contributed by atoms with Gasteiger partial charge in [0.1, 0.15) is 0 Å². The third kappa shape index (κ3) is 2.48. The maximum Gasteiger partial charge on any atom is 0.0680 e. The molecule has 0 aliphatic heterocycles. The van der Waals surface area contributed by atoms with Crippen LogP contribution in [0.3, 0.4) is 0 Å². The molecule has 2 unspecified atom stereocenters. The molecule has 2 aliphatic carbocycles. The van der Waals surface area contributed by atoms with Gasteiger partial charge in [-0.15, -0.1) is 0 Å². The zero-order valence-corrected chi connectivity index (χ0v) is 7.93. The molecule has 0 heterocycles. The minimum Gasteiger partial charge on any atom is -0.390 e. The quantitative estimate of drug-likeness (QED) is 0.571. The molecule has 11 heavy (non-hydrogen) atoms. The molecule has 0 saturated heterocycles. The average Bonchev–Trinajstić information content (AvgIpc) is 2.31. The second-order valence-electron chi connectivity index (χ2n) is 4.63. The molecule has 0 amide bonds. The first kappa shape index (κ1) is 9.05. The summed E-state index contributed by atoms with van der Waals surface area (Å²) < 4.78 is 0. The Hall–Kier alpha value is -0.0400. The van der Waals surface area contributed by atoms with E-state index in [0.29, 0.717) is 5.92 Å². The van der Waals surface area contributed by atoms with Gasteiger partial charge in [-0.1, -0.05) is 27.2 Å². The van der Waals surface area contributed by atoms with Crippen LogP contribution in [-0.4, -0.2) is 10.7 Å². The van der Waals surface area contributed by atoms with Crippen LogP contribution in [0.15, 0.2) is 0 Å². The Kier molecular flexibility index (Phi) is 2.58. The van der Waals surface area contributed by atoms with E-state index in [2.05, 4.69) is 20.8 Å². The fourth-order valence-corrected chi connectivity index (χ4v) is 1.70. The van der Waals surface area contributed by atoms with Crippen LogP contribution in [0, 0.1) is 11.8 Å². The highest BCUT2D eigenvalue weighted by molar-refractivity contribution is 5.07. The highest BCUT2D eigenvalue weighted by atomic mass is 16.3. The van der Waals surface area contributed by atoms with Gasteiger partial charge in [0.25, 0.3) is 0 Å². The highest BCUT2D eigenvalue weighted by Crippen LogP contribution is 2.55. The number of aliphatic hydroxyl groups is 1. The molecule has 0 radical (unpaired) electrons. The number of hydrogen-bond acceptors (Lipinski definition) is 1. The van der Waals surface area contributed by atoms with Crippen LogP contribution < -0.4 is 0 Å². The van der Waals surface area contributed by atoms with E-state index in [9.17, 15) is 5.11 Å². The minimum absolute atomic E-state index is 0.139. The first-order valence-electron chi connectivity index (χ1n) is 4.77. The second-order valence-corrected chi connectivity index (χ2v) is 4.63. The topological polar surface area (TPSA) is 20.2 Å². The molecule has 2 atom stereocenters. The van der Waals surface area contributed by atoms with Crippen molar-refractivity contribution in [1.82, 2.24) is 0 Å².